The van der Waals surface area contributed by atoms with Gasteiger partial charge in [-0.15, -0.1) is 0 Å². The van der Waals surface area contributed by atoms with E-state index >= 15 is 0 Å². The summed E-state index contributed by atoms with van der Waals surface area (Å²) in [6.07, 6.45) is 10.6. The summed E-state index contributed by atoms with van der Waals surface area (Å²) >= 11 is 0. The quantitative estimate of drug-likeness (QED) is 0.824. The number of piperidine rings is 2. The minimum atomic E-state index is -0.344. The Kier molecular flexibility index (Phi) is 5.83. The maximum atomic E-state index is 13.1. The number of halogens is 1. The molecule has 1 aromatic carbocycles. The molecule has 2 N–H and O–H groups in total. The summed E-state index contributed by atoms with van der Waals surface area (Å²) in [5.74, 6) is -0.508. The maximum Gasteiger partial charge on any atom is 0.318 e. The van der Waals surface area contributed by atoms with Crippen LogP contribution in [0.25, 0.3) is 0 Å². The number of urea groups is 1. The van der Waals surface area contributed by atoms with E-state index in [0.29, 0.717) is 11.6 Å². The van der Waals surface area contributed by atoms with Gasteiger partial charge in [0, 0.05) is 29.7 Å². The van der Waals surface area contributed by atoms with Crippen molar-refractivity contribution in [1.82, 2.24) is 15.5 Å². The van der Waals surface area contributed by atoms with Crippen LogP contribution in [0.5, 0.6) is 0 Å². The van der Waals surface area contributed by atoms with Crippen LogP contribution in [0.15, 0.2) is 24.3 Å². The van der Waals surface area contributed by atoms with Crippen molar-refractivity contribution in [2.75, 3.05) is 0 Å². The van der Waals surface area contributed by atoms with Crippen LogP contribution in [-0.4, -0.2) is 41.0 Å². The first-order chi connectivity index (χ1) is 13.6. The second-order valence-electron chi connectivity index (χ2n) is 8.58. The molecule has 3 amide bonds. The average Bonchev–Trinajstić information content (AvgIpc) is 2.68. The van der Waals surface area contributed by atoms with Gasteiger partial charge in [-0.05, 0) is 69.2 Å². The Morgan fingerprint density at radius 1 is 0.821 bits per heavy atom. The van der Waals surface area contributed by atoms with E-state index in [1.807, 2.05) is 0 Å². The minimum Gasteiger partial charge on any atom is -0.349 e. The molecule has 2 aliphatic heterocycles. The number of carbonyl (C=O) groups excluding carboxylic acids is 2. The molecule has 1 saturated carbocycles. The number of amides is 3. The molecule has 152 valence electrons. The standard InChI is InChI=1S/C22H30FN3O2/c23-16-11-9-15(10-12-16)21(27)24-18-13-19-7-4-8-20(14-18)26(19)22(28)25-17-5-2-1-3-6-17/h9-12,17-20H,1-8,13-14H2,(H,24,27)(H,25,28)/t18?,19-,20+. The summed E-state index contributed by atoms with van der Waals surface area (Å²) in [5.41, 5.74) is 0.476. The van der Waals surface area contributed by atoms with Crippen molar-refractivity contribution >= 4 is 11.9 Å². The Balaban J connectivity index is 1.36. The fourth-order valence-corrected chi connectivity index (χ4v) is 5.20. The highest BCUT2D eigenvalue weighted by Crippen LogP contribution is 2.34. The van der Waals surface area contributed by atoms with Crippen molar-refractivity contribution in [2.24, 2.45) is 0 Å². The monoisotopic (exact) mass is 387 g/mol. The molecule has 28 heavy (non-hydrogen) atoms. The van der Waals surface area contributed by atoms with Gasteiger partial charge in [0.1, 0.15) is 5.82 Å². The van der Waals surface area contributed by atoms with Crippen molar-refractivity contribution in [1.29, 1.82) is 0 Å². The smallest absolute Gasteiger partial charge is 0.318 e. The molecule has 1 unspecified atom stereocenters. The molecule has 1 aromatic rings. The van der Waals surface area contributed by atoms with Crippen LogP contribution in [0.4, 0.5) is 9.18 Å². The number of nitrogens with one attached hydrogen (secondary N) is 2. The van der Waals surface area contributed by atoms with Gasteiger partial charge in [0.15, 0.2) is 0 Å². The zero-order valence-corrected chi connectivity index (χ0v) is 16.3. The summed E-state index contributed by atoms with van der Waals surface area (Å²) < 4.78 is 13.1. The summed E-state index contributed by atoms with van der Waals surface area (Å²) in [6.45, 7) is 0. The van der Waals surface area contributed by atoms with Crippen LogP contribution in [0.2, 0.25) is 0 Å². The van der Waals surface area contributed by atoms with E-state index < -0.39 is 0 Å². The first-order valence-electron chi connectivity index (χ1n) is 10.8. The molecule has 3 aliphatic rings. The molecule has 2 heterocycles. The lowest BCUT2D eigenvalue weighted by Gasteiger charge is -2.49. The van der Waals surface area contributed by atoms with Crippen LogP contribution in [-0.2, 0) is 0 Å². The van der Waals surface area contributed by atoms with Crippen molar-refractivity contribution in [3.63, 3.8) is 0 Å². The summed E-state index contributed by atoms with van der Waals surface area (Å²) in [5, 5.41) is 6.37. The Bertz CT molecular complexity index is 688. The molecular formula is C22H30FN3O2. The number of rotatable bonds is 3. The van der Waals surface area contributed by atoms with Gasteiger partial charge in [0.2, 0.25) is 0 Å². The third-order valence-electron chi connectivity index (χ3n) is 6.58. The molecule has 6 heteroatoms. The van der Waals surface area contributed by atoms with E-state index in [4.69, 9.17) is 0 Å². The van der Waals surface area contributed by atoms with Gasteiger partial charge in [0.05, 0.1) is 0 Å². The van der Waals surface area contributed by atoms with Gasteiger partial charge in [-0.25, -0.2) is 9.18 Å². The fourth-order valence-electron chi connectivity index (χ4n) is 5.20. The van der Waals surface area contributed by atoms with Gasteiger partial charge < -0.3 is 15.5 Å². The zero-order chi connectivity index (χ0) is 19.5. The molecule has 3 fully saturated rings. The number of carbonyl (C=O) groups is 2. The van der Waals surface area contributed by atoms with Gasteiger partial charge in [0.25, 0.3) is 5.91 Å². The third kappa shape index (κ3) is 4.31. The maximum absolute atomic E-state index is 13.1. The highest BCUT2D eigenvalue weighted by molar-refractivity contribution is 5.94. The number of hydrogen-bond donors (Lipinski definition) is 2. The third-order valence-corrected chi connectivity index (χ3v) is 6.58. The predicted octanol–water partition coefficient (Wildman–Crippen LogP) is 3.98. The lowest BCUT2D eigenvalue weighted by Crippen LogP contribution is -2.61. The van der Waals surface area contributed by atoms with Gasteiger partial charge in [-0.1, -0.05) is 19.3 Å². The average molecular weight is 387 g/mol. The molecule has 1 aliphatic carbocycles. The van der Waals surface area contributed by atoms with Crippen molar-refractivity contribution < 1.29 is 14.0 Å². The van der Waals surface area contributed by atoms with E-state index in [0.717, 1.165) is 44.9 Å². The topological polar surface area (TPSA) is 61.4 Å². The molecule has 5 nitrogen and oxygen atoms in total. The molecule has 0 spiro atoms. The molecule has 0 radical (unpaired) electrons. The summed E-state index contributed by atoms with van der Waals surface area (Å²) in [7, 11) is 0. The Hall–Kier alpha value is -2.11. The number of benzene rings is 1. The van der Waals surface area contributed by atoms with Crippen LogP contribution in [0.1, 0.15) is 74.6 Å². The van der Waals surface area contributed by atoms with Gasteiger partial charge in [-0.2, -0.15) is 0 Å². The predicted molar refractivity (Wildman–Crippen MR) is 106 cm³/mol. The van der Waals surface area contributed by atoms with Gasteiger partial charge >= 0.3 is 6.03 Å². The second-order valence-corrected chi connectivity index (χ2v) is 8.58. The normalized spacial score (nSPS) is 27.9. The molecule has 0 aromatic heterocycles. The molecule has 4 rings (SSSR count). The Morgan fingerprint density at radius 2 is 1.46 bits per heavy atom. The minimum absolute atomic E-state index is 0.0617. The van der Waals surface area contributed by atoms with E-state index in [9.17, 15) is 14.0 Å². The fraction of sp³-hybridized carbons (Fsp3) is 0.636. The first kappa shape index (κ1) is 19.2. The lowest BCUT2D eigenvalue weighted by molar-refractivity contribution is 0.0506. The SMILES string of the molecule is O=C(NC1C[C@H]2CCC[C@@H](C1)N2C(=O)NC1CCCCC1)c1ccc(F)cc1. The van der Waals surface area contributed by atoms with Crippen LogP contribution >= 0.6 is 0 Å². The molecule has 2 saturated heterocycles. The summed E-state index contributed by atoms with van der Waals surface area (Å²) in [6, 6.07) is 6.48. The first-order valence-corrected chi connectivity index (χ1v) is 10.8. The molecule has 2 bridgehead atoms. The van der Waals surface area contributed by atoms with E-state index in [1.165, 1.54) is 43.5 Å². The van der Waals surface area contributed by atoms with Crippen LogP contribution in [0.3, 0.4) is 0 Å². The van der Waals surface area contributed by atoms with E-state index in [2.05, 4.69) is 15.5 Å². The highest BCUT2D eigenvalue weighted by atomic mass is 19.1. The Morgan fingerprint density at radius 3 is 2.11 bits per heavy atom. The van der Waals surface area contributed by atoms with Gasteiger partial charge in [-0.3, -0.25) is 4.79 Å². The number of hydrogen-bond acceptors (Lipinski definition) is 2. The number of nitrogens with zero attached hydrogens (tertiary/aromatic N) is 1. The largest absolute Gasteiger partial charge is 0.349 e. The van der Waals surface area contributed by atoms with Crippen LogP contribution < -0.4 is 10.6 Å². The van der Waals surface area contributed by atoms with Crippen molar-refractivity contribution in [2.45, 2.75) is 88.4 Å². The lowest BCUT2D eigenvalue weighted by atomic mass is 9.82. The van der Waals surface area contributed by atoms with Crippen molar-refractivity contribution in [3.8, 4) is 0 Å². The molecular weight excluding hydrogens is 357 g/mol. The van der Waals surface area contributed by atoms with Crippen LogP contribution in [0, 0.1) is 5.82 Å². The van der Waals surface area contributed by atoms with E-state index in [1.54, 1.807) is 0 Å². The Labute approximate surface area is 166 Å². The van der Waals surface area contributed by atoms with Crippen molar-refractivity contribution in [3.05, 3.63) is 35.6 Å². The zero-order valence-electron chi connectivity index (χ0n) is 16.3. The molecule has 3 atom stereocenters. The van der Waals surface area contributed by atoms with E-state index in [-0.39, 0.29) is 35.9 Å². The highest BCUT2D eigenvalue weighted by Gasteiger charge is 2.41. The summed E-state index contributed by atoms with van der Waals surface area (Å²) in [4.78, 5) is 27.5. The number of fused-ring (bicyclic) bond motifs is 2. The second kappa shape index (κ2) is 8.50.